The molecular weight excluding hydrogens is 356 g/mol. The van der Waals surface area contributed by atoms with E-state index in [1.54, 1.807) is 17.1 Å². The van der Waals surface area contributed by atoms with Gasteiger partial charge in [-0.1, -0.05) is 12.2 Å². The molecule has 2 N–H and O–H groups in total. The minimum Gasteiger partial charge on any atom is -0.378 e. The Morgan fingerprint density at radius 2 is 1.75 bits per heavy atom. The lowest BCUT2D eigenvalue weighted by Crippen LogP contribution is -3.11. The number of hydrogen-bond donors (Lipinski definition) is 2. The van der Waals surface area contributed by atoms with Gasteiger partial charge in [-0.05, 0) is 24.3 Å². The molecule has 152 valence electrons. The van der Waals surface area contributed by atoms with Crippen molar-refractivity contribution in [2.45, 2.75) is 0 Å². The van der Waals surface area contributed by atoms with Crippen LogP contribution in [-0.4, -0.2) is 76.2 Å². The summed E-state index contributed by atoms with van der Waals surface area (Å²) in [6, 6.07) is 7.81. The predicted molar refractivity (Wildman–Crippen MR) is 112 cm³/mol. The van der Waals surface area contributed by atoms with Gasteiger partial charge in [0, 0.05) is 37.6 Å². The largest absolute Gasteiger partial charge is 0.378 e. The number of rotatable bonds is 10. The monoisotopic (exact) mass is 387 g/mol. The molecule has 1 saturated heterocycles. The first-order valence-corrected chi connectivity index (χ1v) is 9.57. The van der Waals surface area contributed by atoms with Gasteiger partial charge in [0.1, 0.15) is 0 Å². The van der Waals surface area contributed by atoms with E-state index in [2.05, 4.69) is 23.4 Å². The van der Waals surface area contributed by atoms with Gasteiger partial charge in [-0.2, -0.15) is 0 Å². The minimum atomic E-state index is -0.122. The highest BCUT2D eigenvalue weighted by atomic mass is 16.5. The predicted octanol–water partition coefficient (Wildman–Crippen LogP) is 0.177. The highest BCUT2D eigenvalue weighted by Gasteiger charge is 2.18. The molecule has 28 heavy (non-hydrogen) atoms. The topological polar surface area (TPSA) is 66.3 Å². The van der Waals surface area contributed by atoms with Crippen LogP contribution in [0.15, 0.2) is 49.6 Å². The Labute approximate surface area is 167 Å². The fourth-order valence-electron chi connectivity index (χ4n) is 3.08. The number of benzene rings is 1. The van der Waals surface area contributed by atoms with Crippen molar-refractivity contribution in [3.63, 3.8) is 0 Å². The zero-order chi connectivity index (χ0) is 20.4. The van der Waals surface area contributed by atoms with Crippen molar-refractivity contribution in [3.8, 4) is 0 Å². The minimum absolute atomic E-state index is 0.0278. The molecule has 7 nitrogen and oxygen atoms in total. The first-order valence-electron chi connectivity index (χ1n) is 9.57. The normalized spacial score (nSPS) is 14.8. The number of morpholine rings is 1. The van der Waals surface area contributed by atoms with E-state index in [0.29, 0.717) is 13.1 Å². The highest BCUT2D eigenvalue weighted by molar-refractivity contribution is 5.91. The summed E-state index contributed by atoms with van der Waals surface area (Å²) in [6.45, 7) is 12.0. The van der Waals surface area contributed by atoms with Crippen LogP contribution in [0, 0.1) is 0 Å². The maximum Gasteiger partial charge on any atom is 0.279 e. The average Bonchev–Trinajstić information content (AvgIpc) is 2.68. The van der Waals surface area contributed by atoms with Crippen LogP contribution in [0.3, 0.4) is 0 Å². The molecule has 1 aliphatic rings. The van der Waals surface area contributed by atoms with Crippen LogP contribution < -0.4 is 15.1 Å². The summed E-state index contributed by atoms with van der Waals surface area (Å²) in [5, 5.41) is 2.90. The third-order valence-electron chi connectivity index (χ3n) is 4.49. The quantitative estimate of drug-likeness (QED) is 0.562. The third kappa shape index (κ3) is 6.83. The van der Waals surface area contributed by atoms with Crippen LogP contribution in [0.1, 0.15) is 0 Å². The first-order chi connectivity index (χ1) is 13.5. The molecule has 1 atom stereocenters. The number of anilines is 2. The van der Waals surface area contributed by atoms with Crippen molar-refractivity contribution < 1.29 is 19.2 Å². The van der Waals surface area contributed by atoms with Crippen LogP contribution in [0.4, 0.5) is 11.4 Å². The SMILES string of the molecule is C=CCN(CC=C)C(=O)C[NH+](C)CC(=O)Nc1ccc(N2CCOCC2)cc1. The summed E-state index contributed by atoms with van der Waals surface area (Å²) in [6.07, 6.45) is 3.37. The first kappa shape index (κ1) is 21.7. The highest BCUT2D eigenvalue weighted by Crippen LogP contribution is 2.18. The number of hydrogen-bond acceptors (Lipinski definition) is 4. The molecule has 0 radical (unpaired) electrons. The second-order valence-electron chi connectivity index (χ2n) is 6.88. The lowest BCUT2D eigenvalue weighted by molar-refractivity contribution is -0.862. The van der Waals surface area contributed by atoms with E-state index in [4.69, 9.17) is 4.74 Å². The Hall–Kier alpha value is -2.64. The summed E-state index contributed by atoms with van der Waals surface area (Å²) in [5.74, 6) is -0.150. The van der Waals surface area contributed by atoms with Crippen molar-refractivity contribution in [1.29, 1.82) is 0 Å². The summed E-state index contributed by atoms with van der Waals surface area (Å²) in [5.41, 5.74) is 1.88. The molecule has 0 spiro atoms. The van der Waals surface area contributed by atoms with E-state index in [1.165, 1.54) is 0 Å². The van der Waals surface area contributed by atoms with Crippen molar-refractivity contribution in [3.05, 3.63) is 49.6 Å². The second-order valence-corrected chi connectivity index (χ2v) is 6.88. The van der Waals surface area contributed by atoms with Gasteiger partial charge in [0.15, 0.2) is 13.1 Å². The summed E-state index contributed by atoms with van der Waals surface area (Å²) in [4.78, 5) is 29.4. The van der Waals surface area contributed by atoms with Gasteiger partial charge in [0.25, 0.3) is 11.8 Å². The third-order valence-corrected chi connectivity index (χ3v) is 4.49. The maximum absolute atomic E-state index is 12.3. The molecular formula is C21H31N4O3+. The Morgan fingerprint density at radius 1 is 1.14 bits per heavy atom. The Balaban J connectivity index is 1.81. The lowest BCUT2D eigenvalue weighted by atomic mass is 10.2. The van der Waals surface area contributed by atoms with Gasteiger partial charge >= 0.3 is 0 Å². The molecule has 1 aromatic rings. The smallest absolute Gasteiger partial charge is 0.279 e. The number of carbonyl (C=O) groups excluding carboxylic acids is 2. The van der Waals surface area contributed by atoms with Crippen molar-refractivity contribution in [2.24, 2.45) is 0 Å². The molecule has 2 rings (SSSR count). The van der Waals surface area contributed by atoms with Gasteiger partial charge < -0.3 is 24.8 Å². The zero-order valence-electron chi connectivity index (χ0n) is 16.7. The number of nitrogens with zero attached hydrogens (tertiary/aromatic N) is 2. The molecule has 0 bridgehead atoms. The maximum atomic E-state index is 12.3. The average molecular weight is 388 g/mol. The molecule has 1 unspecified atom stereocenters. The number of nitrogens with one attached hydrogen (secondary N) is 2. The lowest BCUT2D eigenvalue weighted by Gasteiger charge is -2.28. The molecule has 1 heterocycles. The molecule has 7 heteroatoms. The van der Waals surface area contributed by atoms with Crippen molar-refractivity contribution >= 4 is 23.2 Å². The zero-order valence-corrected chi connectivity index (χ0v) is 16.7. The van der Waals surface area contributed by atoms with Gasteiger partial charge in [-0.3, -0.25) is 9.59 Å². The van der Waals surface area contributed by atoms with E-state index in [0.717, 1.165) is 42.6 Å². The Kier molecular flexibility index (Phi) is 8.71. The van der Waals surface area contributed by atoms with Crippen LogP contribution in [0.2, 0.25) is 0 Å². The summed E-state index contributed by atoms with van der Waals surface area (Å²) in [7, 11) is 1.83. The molecule has 0 aromatic heterocycles. The van der Waals surface area contributed by atoms with Gasteiger partial charge in [0.2, 0.25) is 0 Å². The van der Waals surface area contributed by atoms with Crippen molar-refractivity contribution in [2.75, 3.05) is 69.7 Å². The fraction of sp³-hybridized carbons (Fsp3) is 0.429. The molecule has 2 amide bonds. The van der Waals surface area contributed by atoms with E-state index in [1.807, 2.05) is 31.3 Å². The summed E-state index contributed by atoms with van der Waals surface area (Å²) < 4.78 is 5.37. The Morgan fingerprint density at radius 3 is 2.32 bits per heavy atom. The van der Waals surface area contributed by atoms with Gasteiger partial charge in [-0.15, -0.1) is 13.2 Å². The van der Waals surface area contributed by atoms with E-state index in [9.17, 15) is 9.59 Å². The standard InChI is InChI=1S/C21H30N4O3/c1-4-10-25(11-5-2)21(27)17-23(3)16-20(26)22-18-6-8-19(9-7-18)24-12-14-28-15-13-24/h4-9H,1-2,10-17H2,3H3,(H,22,26)/p+1. The summed E-state index contributed by atoms with van der Waals surface area (Å²) >= 11 is 0. The van der Waals surface area contributed by atoms with E-state index >= 15 is 0 Å². The van der Waals surface area contributed by atoms with Gasteiger partial charge in [-0.25, -0.2) is 0 Å². The van der Waals surface area contributed by atoms with Crippen LogP contribution in [-0.2, 0) is 14.3 Å². The van der Waals surface area contributed by atoms with E-state index in [-0.39, 0.29) is 24.9 Å². The molecule has 1 aromatic carbocycles. The molecule has 0 saturated carbocycles. The van der Waals surface area contributed by atoms with E-state index < -0.39 is 0 Å². The van der Waals surface area contributed by atoms with Crippen LogP contribution >= 0.6 is 0 Å². The Bertz CT molecular complexity index is 659. The van der Waals surface area contributed by atoms with Crippen molar-refractivity contribution in [1.82, 2.24) is 4.90 Å². The number of carbonyl (C=O) groups is 2. The van der Waals surface area contributed by atoms with Gasteiger partial charge in [0.05, 0.1) is 20.3 Å². The molecule has 1 fully saturated rings. The number of amides is 2. The number of quaternary nitrogens is 1. The van der Waals surface area contributed by atoms with Crippen LogP contribution in [0.5, 0.6) is 0 Å². The fourth-order valence-corrected chi connectivity index (χ4v) is 3.08. The molecule has 1 aliphatic heterocycles. The molecule has 0 aliphatic carbocycles. The van der Waals surface area contributed by atoms with Crippen LogP contribution in [0.25, 0.3) is 0 Å². The number of likely N-dealkylation sites (N-methyl/N-ethyl adjacent to an activating group) is 1. The second kappa shape index (κ2) is 11.3. The number of ether oxygens (including phenoxy) is 1.